The Balaban J connectivity index is 5.91. The number of hydrogen-bond acceptors (Lipinski definition) is 2. The van der Waals surface area contributed by atoms with Gasteiger partial charge in [-0.25, -0.2) is 0 Å². The van der Waals surface area contributed by atoms with Crippen LogP contribution in [-0.2, 0) is 10.1 Å². The molecule has 0 spiro atoms. The van der Waals surface area contributed by atoms with Crippen molar-refractivity contribution in [3.05, 3.63) is 0 Å². The molecular formula is C4HCl2F7O3S. The van der Waals surface area contributed by atoms with Gasteiger partial charge in [-0.3, -0.25) is 4.55 Å². The molecule has 3 nitrogen and oxygen atoms in total. The fourth-order valence-corrected chi connectivity index (χ4v) is 1.77. The molecule has 0 bridgehead atoms. The molecule has 17 heavy (non-hydrogen) atoms. The van der Waals surface area contributed by atoms with Crippen molar-refractivity contribution in [1.29, 1.82) is 0 Å². The Morgan fingerprint density at radius 3 is 1.35 bits per heavy atom. The van der Waals surface area contributed by atoms with E-state index in [2.05, 4.69) is 23.2 Å². The van der Waals surface area contributed by atoms with Crippen LogP contribution in [0.15, 0.2) is 0 Å². The lowest BCUT2D eigenvalue weighted by atomic mass is 10.2. The third-order valence-corrected chi connectivity index (χ3v) is 3.57. The van der Waals surface area contributed by atoms with Crippen molar-refractivity contribution in [2.24, 2.45) is 0 Å². The molecule has 13 heteroatoms. The van der Waals surface area contributed by atoms with Crippen LogP contribution >= 0.6 is 23.2 Å². The van der Waals surface area contributed by atoms with Gasteiger partial charge in [-0.15, -0.1) is 0 Å². The second-order valence-corrected chi connectivity index (χ2v) is 5.43. The van der Waals surface area contributed by atoms with Gasteiger partial charge in [0.15, 0.2) is 0 Å². The largest absolute Gasteiger partial charge is 0.456 e. The molecule has 0 atom stereocenters. The van der Waals surface area contributed by atoms with Crippen molar-refractivity contribution >= 4 is 33.3 Å². The lowest BCUT2D eigenvalue weighted by Crippen LogP contribution is -2.61. The summed E-state index contributed by atoms with van der Waals surface area (Å²) in [6.07, 6.45) is -6.65. The minimum atomic E-state index is -6.68. The molecular weight excluding hydrogens is 332 g/mol. The fourth-order valence-electron chi connectivity index (χ4n) is 0.523. The van der Waals surface area contributed by atoms with Gasteiger partial charge in [-0.1, -0.05) is 23.2 Å². The molecule has 104 valence electrons. The van der Waals surface area contributed by atoms with E-state index in [9.17, 15) is 39.2 Å². The smallest absolute Gasteiger partial charge is 0.281 e. The van der Waals surface area contributed by atoms with Crippen LogP contribution in [0.3, 0.4) is 0 Å². The molecule has 0 aliphatic carbocycles. The Morgan fingerprint density at radius 1 is 0.882 bits per heavy atom. The summed E-state index contributed by atoms with van der Waals surface area (Å²) in [4.78, 5) is 0. The van der Waals surface area contributed by atoms with Crippen molar-refractivity contribution in [2.45, 2.75) is 21.7 Å². The van der Waals surface area contributed by atoms with E-state index in [4.69, 9.17) is 4.55 Å². The molecule has 0 saturated heterocycles. The summed E-state index contributed by atoms with van der Waals surface area (Å²) in [6, 6.07) is 0. The Bertz CT molecular complexity index is 400. The first-order valence-electron chi connectivity index (χ1n) is 3.17. The molecule has 0 amide bonds. The van der Waals surface area contributed by atoms with Gasteiger partial charge in [0.25, 0.3) is 4.33 Å². The summed E-state index contributed by atoms with van der Waals surface area (Å²) in [5.41, 5.74) is 0. The number of halogens is 9. The van der Waals surface area contributed by atoms with E-state index in [-0.39, 0.29) is 0 Å². The Morgan fingerprint density at radius 2 is 1.18 bits per heavy atom. The van der Waals surface area contributed by atoms with Crippen molar-refractivity contribution in [1.82, 2.24) is 0 Å². The number of rotatable bonds is 3. The van der Waals surface area contributed by atoms with Gasteiger partial charge in [0.05, 0.1) is 0 Å². The van der Waals surface area contributed by atoms with Crippen LogP contribution in [0.4, 0.5) is 30.7 Å². The molecule has 0 heterocycles. The van der Waals surface area contributed by atoms with Gasteiger partial charge in [0.1, 0.15) is 0 Å². The number of alkyl halides is 9. The van der Waals surface area contributed by atoms with E-state index in [1.807, 2.05) is 0 Å². The maximum absolute atomic E-state index is 12.7. The lowest BCUT2D eigenvalue weighted by Gasteiger charge is -2.34. The first-order valence-corrected chi connectivity index (χ1v) is 5.37. The summed E-state index contributed by atoms with van der Waals surface area (Å²) >= 11 is 8.19. The average Bonchev–Trinajstić information content (AvgIpc) is 1.98. The molecule has 0 aromatic carbocycles. The molecule has 0 fully saturated rings. The molecule has 0 saturated carbocycles. The van der Waals surface area contributed by atoms with E-state index in [0.29, 0.717) is 0 Å². The van der Waals surface area contributed by atoms with Crippen LogP contribution in [0.1, 0.15) is 0 Å². The minimum absolute atomic E-state index is 4.10. The quantitative estimate of drug-likeness (QED) is 0.491. The highest BCUT2D eigenvalue weighted by molar-refractivity contribution is 7.87. The minimum Gasteiger partial charge on any atom is -0.281 e. The molecule has 0 unspecified atom stereocenters. The molecule has 0 aliphatic heterocycles. The molecule has 0 aromatic heterocycles. The number of hydrogen-bond donors (Lipinski definition) is 1. The van der Waals surface area contributed by atoms with Crippen molar-refractivity contribution in [3.63, 3.8) is 0 Å². The first kappa shape index (κ1) is 17.0. The monoisotopic (exact) mass is 332 g/mol. The third kappa shape index (κ3) is 2.42. The van der Waals surface area contributed by atoms with E-state index >= 15 is 0 Å². The predicted molar refractivity (Wildman–Crippen MR) is 41.9 cm³/mol. The maximum Gasteiger partial charge on any atom is 0.456 e. The van der Waals surface area contributed by atoms with E-state index in [1.54, 1.807) is 0 Å². The van der Waals surface area contributed by atoms with Gasteiger partial charge in [-0.05, 0) is 0 Å². The standard InChI is InChI=1S/C4HCl2F7O3S/c5-1(6,2(7,8)3(9,10)11)4(12,13)17(14,15)16/h(H,14,15,16). The second kappa shape index (κ2) is 4.00. The van der Waals surface area contributed by atoms with Crippen LogP contribution in [0.5, 0.6) is 0 Å². The highest BCUT2D eigenvalue weighted by atomic mass is 35.5. The average molecular weight is 333 g/mol. The van der Waals surface area contributed by atoms with Crippen molar-refractivity contribution in [3.8, 4) is 0 Å². The van der Waals surface area contributed by atoms with Gasteiger partial charge < -0.3 is 0 Å². The van der Waals surface area contributed by atoms with Crippen molar-refractivity contribution in [2.75, 3.05) is 0 Å². The Kier molecular flexibility index (Phi) is 4.00. The Hall–Kier alpha value is -0.000000000000000167. The van der Waals surface area contributed by atoms with Gasteiger partial charge >= 0.3 is 27.5 Å². The van der Waals surface area contributed by atoms with Crippen LogP contribution in [-0.4, -0.2) is 34.7 Å². The highest BCUT2D eigenvalue weighted by Gasteiger charge is 2.81. The first-order chi connectivity index (χ1) is 7.00. The highest BCUT2D eigenvalue weighted by Crippen LogP contribution is 2.57. The molecule has 0 aliphatic rings. The second-order valence-electron chi connectivity index (χ2n) is 2.64. The van der Waals surface area contributed by atoms with E-state index in [1.165, 1.54) is 0 Å². The summed E-state index contributed by atoms with van der Waals surface area (Å²) in [6.45, 7) is 0. The zero-order valence-electron chi connectivity index (χ0n) is 7.07. The van der Waals surface area contributed by atoms with Gasteiger partial charge in [0.2, 0.25) is 0 Å². The fraction of sp³-hybridized carbons (Fsp3) is 1.00. The van der Waals surface area contributed by atoms with Gasteiger partial charge in [-0.2, -0.15) is 39.2 Å². The summed E-state index contributed by atoms with van der Waals surface area (Å²) in [7, 11) is -6.68. The van der Waals surface area contributed by atoms with E-state index < -0.39 is 31.8 Å². The van der Waals surface area contributed by atoms with E-state index in [0.717, 1.165) is 0 Å². The van der Waals surface area contributed by atoms with Crippen LogP contribution in [0, 0.1) is 0 Å². The maximum atomic E-state index is 12.7. The lowest BCUT2D eigenvalue weighted by molar-refractivity contribution is -0.298. The summed E-state index contributed by atoms with van der Waals surface area (Å²) in [5.74, 6) is -6.48. The topological polar surface area (TPSA) is 54.4 Å². The zero-order valence-corrected chi connectivity index (χ0v) is 9.40. The molecule has 0 aromatic rings. The molecule has 1 N–H and O–H groups in total. The third-order valence-electron chi connectivity index (χ3n) is 1.44. The summed E-state index contributed by atoms with van der Waals surface area (Å²) in [5, 5.41) is -6.14. The van der Waals surface area contributed by atoms with Crippen molar-refractivity contribution < 1.29 is 43.7 Å². The summed E-state index contributed by atoms with van der Waals surface area (Å²) < 4.78 is 108. The Labute approximate surface area is 99.2 Å². The predicted octanol–water partition coefficient (Wildman–Crippen LogP) is 2.84. The van der Waals surface area contributed by atoms with Crippen LogP contribution in [0.2, 0.25) is 0 Å². The molecule has 0 rings (SSSR count). The normalized spacial score (nSPS) is 16.1. The van der Waals surface area contributed by atoms with Crippen LogP contribution < -0.4 is 0 Å². The zero-order chi connectivity index (χ0) is 14.5. The van der Waals surface area contributed by atoms with Crippen LogP contribution in [0.25, 0.3) is 0 Å². The SMILES string of the molecule is O=S(=O)(O)C(F)(F)C(Cl)(Cl)C(F)(F)C(F)(F)F. The molecule has 0 radical (unpaired) electrons. The van der Waals surface area contributed by atoms with Gasteiger partial charge in [0, 0.05) is 0 Å².